The second kappa shape index (κ2) is 31.9. The van der Waals surface area contributed by atoms with Gasteiger partial charge in [-0.25, -0.2) is 0 Å². The zero-order chi connectivity index (χ0) is 60.8. The van der Waals surface area contributed by atoms with Crippen molar-refractivity contribution in [1.82, 2.24) is 9.80 Å². The fourth-order valence-electron chi connectivity index (χ4n) is 17.3. The van der Waals surface area contributed by atoms with Gasteiger partial charge in [0.05, 0.1) is 0 Å². The van der Waals surface area contributed by atoms with Gasteiger partial charge in [-0.15, -0.1) is 0 Å². The molecule has 6 fully saturated rings. The van der Waals surface area contributed by atoms with E-state index in [4.69, 9.17) is 9.47 Å². The number of amides is 1. The van der Waals surface area contributed by atoms with E-state index in [1.807, 2.05) is 0 Å². The minimum Gasteiger partial charge on any atom is -0.462 e. The Morgan fingerprint density at radius 1 is 0.607 bits per heavy atom. The van der Waals surface area contributed by atoms with Gasteiger partial charge in [0, 0.05) is 44.5 Å². The lowest BCUT2D eigenvalue weighted by Crippen LogP contribution is -2.46. The molecule has 7 aliphatic carbocycles. The van der Waals surface area contributed by atoms with E-state index in [-0.39, 0.29) is 34.8 Å². The summed E-state index contributed by atoms with van der Waals surface area (Å²) in [6.45, 7) is 33.6. The van der Waals surface area contributed by atoms with Crippen LogP contribution < -0.4 is 0 Å². The lowest BCUT2D eigenvalue weighted by molar-refractivity contribution is -0.151. The normalized spacial score (nSPS) is 32.1. The fraction of sp³-hybridized carbons (Fsp3) is 0.776. The Morgan fingerprint density at radius 3 is 1.77 bits per heavy atom. The van der Waals surface area contributed by atoms with Crippen LogP contribution in [-0.2, 0) is 19.1 Å². The predicted octanol–water partition coefficient (Wildman–Crippen LogP) is 20.1. The van der Waals surface area contributed by atoms with E-state index >= 15 is 0 Å². The minimum absolute atomic E-state index is 0.0202. The molecular weight excluding hydrogens is 1050 g/mol. The van der Waals surface area contributed by atoms with E-state index in [0.717, 1.165) is 134 Å². The number of rotatable bonds is 29. The van der Waals surface area contributed by atoms with Crippen molar-refractivity contribution in [3.63, 3.8) is 0 Å². The van der Waals surface area contributed by atoms with Gasteiger partial charge in [-0.1, -0.05) is 191 Å². The highest BCUT2D eigenvalue weighted by Gasteiger charge is 2.57. The molecule has 84 heavy (non-hydrogen) atoms. The molecule has 0 saturated heterocycles. The molecule has 7 aliphatic rings. The van der Waals surface area contributed by atoms with Gasteiger partial charge in [-0.05, 0) is 223 Å². The molecule has 472 valence electrons. The summed E-state index contributed by atoms with van der Waals surface area (Å²) in [6, 6.07) is 0. The van der Waals surface area contributed by atoms with Gasteiger partial charge in [-0.2, -0.15) is 0 Å². The van der Waals surface area contributed by atoms with E-state index in [2.05, 4.69) is 155 Å². The number of esters is 2. The average Bonchev–Trinajstić information content (AvgIpc) is 1.48. The summed E-state index contributed by atoms with van der Waals surface area (Å²) in [6.07, 6.45) is 46.1. The molecule has 1 amide bonds. The molecule has 0 bridgehead atoms. The fourth-order valence-corrected chi connectivity index (χ4v) is 18.1. The molecule has 0 aromatic carbocycles. The highest BCUT2D eigenvalue weighted by Crippen LogP contribution is 2.66. The number of carbonyl (C=O) groups excluding carboxylic acids is 3. The smallest absolute Gasteiger partial charge is 0.306 e. The number of fused-ring (bicyclic) bond motifs is 6. The third kappa shape index (κ3) is 17.8. The summed E-state index contributed by atoms with van der Waals surface area (Å²) >= 11 is 1.45. The van der Waals surface area contributed by atoms with Crippen LogP contribution in [0, 0.1) is 81.3 Å². The number of carbonyl (C=O) groups is 3. The van der Waals surface area contributed by atoms with Gasteiger partial charge in [0.15, 0.2) is 0 Å². The number of ether oxygens (including phenoxy) is 2. The van der Waals surface area contributed by atoms with E-state index in [9.17, 15) is 14.4 Å². The molecule has 0 radical (unpaired) electrons. The zero-order valence-electron chi connectivity index (χ0n) is 55.9. The Bertz CT molecular complexity index is 2370. The van der Waals surface area contributed by atoms with Crippen LogP contribution in [0.2, 0.25) is 0 Å². The van der Waals surface area contributed by atoms with Gasteiger partial charge in [0.25, 0.3) is 5.24 Å². The first kappa shape index (κ1) is 68.4. The minimum atomic E-state index is -0.0839. The Hall–Kier alpha value is -3.10. The Labute approximate surface area is 519 Å². The zero-order valence-corrected chi connectivity index (χ0v) is 56.7. The molecular formula is C76H122N2O5S. The molecule has 6 saturated carbocycles. The van der Waals surface area contributed by atoms with Gasteiger partial charge in [0.1, 0.15) is 12.2 Å². The van der Waals surface area contributed by atoms with Crippen molar-refractivity contribution in [3.8, 4) is 0 Å². The molecule has 14 unspecified atom stereocenters. The number of unbranched alkanes of at least 4 members (excludes halogenated alkanes) is 6. The summed E-state index contributed by atoms with van der Waals surface area (Å²) in [5, 5.41) is 0.178. The lowest BCUT2D eigenvalue weighted by atomic mass is 9.50. The summed E-state index contributed by atoms with van der Waals surface area (Å²) in [5.41, 5.74) is 8.23. The standard InChI is InChI=1S/C76H122N2O5S/c1-53(2)55(5)28-30-58(8)66-38-40-68-60(25-23-44-75(66,68)11)33-34-61-51-63(36-32-57(61)7)82-71(79)26-19-15-17-21-48-78(73(81)84-50-24-47-77(13)14)49-22-18-16-20-27-72(80)83-64-42-45-74(10)62(52-64)35-37-65-69-41-39-67(76(69,12)46-43-70(65)74)59(9)31-29-56(6)54(3)4/h28-31,33-35,37,53-56,58-59,63-64,66-70H,7,15-27,32,36,38-52H2,1-6,8-14H3/b30-28+,31-29+,60-33+,61-34-. The lowest BCUT2D eigenvalue weighted by Gasteiger charge is -2.55. The first-order valence-electron chi connectivity index (χ1n) is 34.8. The SMILES string of the molecule is C=C1CCC(OC(=O)CCCCCCN(CCCCCCC(=O)OC2CCC3(C)C(=CC=C4C3CCC3(C)C4CCC3C(C)/C=C/C(C)C(C)C)C2)C(=O)SCCCN(C)C)C/C1=C/C=C1\CCCC2(C)C1CCC2C(C)/C=C/C(C)C(C)C. The third-order valence-electron chi connectivity index (χ3n) is 23.6. The van der Waals surface area contributed by atoms with Crippen LogP contribution in [0.25, 0.3) is 0 Å². The number of nitrogens with zero attached hydrogens (tertiary/aromatic N) is 2. The largest absolute Gasteiger partial charge is 0.462 e. The molecule has 0 aliphatic heterocycles. The van der Waals surface area contributed by atoms with Gasteiger partial charge in [-0.3, -0.25) is 14.4 Å². The molecule has 0 heterocycles. The Balaban J connectivity index is 0.792. The number of allylic oxidation sites excluding steroid dienone is 11. The van der Waals surface area contributed by atoms with Crippen molar-refractivity contribution >= 4 is 28.9 Å². The predicted molar refractivity (Wildman–Crippen MR) is 356 cm³/mol. The van der Waals surface area contributed by atoms with Crippen LogP contribution in [-0.4, -0.2) is 78.7 Å². The molecule has 14 atom stereocenters. The van der Waals surface area contributed by atoms with E-state index < -0.39 is 0 Å². The monoisotopic (exact) mass is 1170 g/mol. The molecule has 8 heteroatoms. The number of hydrogen-bond acceptors (Lipinski definition) is 7. The van der Waals surface area contributed by atoms with Crippen molar-refractivity contribution in [2.75, 3.05) is 39.5 Å². The van der Waals surface area contributed by atoms with Crippen LogP contribution in [0.15, 0.2) is 83.1 Å². The second-order valence-corrected chi connectivity index (χ2v) is 31.3. The van der Waals surface area contributed by atoms with Crippen molar-refractivity contribution in [1.29, 1.82) is 0 Å². The van der Waals surface area contributed by atoms with Crippen LogP contribution >= 0.6 is 11.8 Å². The third-order valence-corrected chi connectivity index (χ3v) is 24.6. The second-order valence-electron chi connectivity index (χ2n) is 30.2. The highest BCUT2D eigenvalue weighted by atomic mass is 32.2. The highest BCUT2D eigenvalue weighted by molar-refractivity contribution is 8.13. The molecule has 0 aromatic rings. The maximum atomic E-state index is 13.5. The van der Waals surface area contributed by atoms with Crippen LogP contribution in [0.3, 0.4) is 0 Å². The maximum Gasteiger partial charge on any atom is 0.306 e. The quantitative estimate of drug-likeness (QED) is 0.0420. The average molecular weight is 1180 g/mol. The molecule has 0 N–H and O–H groups in total. The van der Waals surface area contributed by atoms with Gasteiger partial charge < -0.3 is 19.3 Å². The number of hydrogen-bond donors (Lipinski definition) is 0. The van der Waals surface area contributed by atoms with E-state index in [0.29, 0.717) is 76.9 Å². The summed E-state index contributed by atoms with van der Waals surface area (Å²) in [4.78, 5) is 44.3. The summed E-state index contributed by atoms with van der Waals surface area (Å²) in [7, 11) is 4.16. The first-order valence-corrected chi connectivity index (χ1v) is 35.8. The topological polar surface area (TPSA) is 76.1 Å². The molecule has 0 aromatic heterocycles. The van der Waals surface area contributed by atoms with Crippen LogP contribution in [0.5, 0.6) is 0 Å². The van der Waals surface area contributed by atoms with E-state index in [1.165, 1.54) is 86.3 Å². The number of thioether (sulfide) groups is 1. The summed E-state index contributed by atoms with van der Waals surface area (Å²) in [5.74, 6) is 7.95. The Morgan fingerprint density at radius 2 is 1.18 bits per heavy atom. The van der Waals surface area contributed by atoms with Crippen molar-refractivity contribution in [2.24, 2.45) is 81.3 Å². The molecule has 7 rings (SSSR count). The maximum absolute atomic E-state index is 13.5. The molecule has 7 nitrogen and oxygen atoms in total. The van der Waals surface area contributed by atoms with Crippen LogP contribution in [0.4, 0.5) is 4.79 Å². The van der Waals surface area contributed by atoms with Crippen molar-refractivity contribution in [3.05, 3.63) is 83.1 Å². The Kier molecular flexibility index (Phi) is 26.0. The molecule has 0 spiro atoms. The van der Waals surface area contributed by atoms with Gasteiger partial charge in [0.2, 0.25) is 0 Å². The van der Waals surface area contributed by atoms with Crippen molar-refractivity contribution < 1.29 is 23.9 Å². The van der Waals surface area contributed by atoms with Crippen LogP contribution in [0.1, 0.15) is 243 Å². The van der Waals surface area contributed by atoms with E-state index in [1.54, 1.807) is 11.1 Å². The summed E-state index contributed by atoms with van der Waals surface area (Å²) < 4.78 is 12.4. The van der Waals surface area contributed by atoms with Gasteiger partial charge >= 0.3 is 11.9 Å². The van der Waals surface area contributed by atoms with Crippen molar-refractivity contribution in [2.45, 2.75) is 255 Å². The first-order chi connectivity index (χ1) is 40.0.